The zero-order valence-electron chi connectivity index (χ0n) is 13.0. The molecule has 0 aromatic carbocycles. The Morgan fingerprint density at radius 2 is 1.96 bits per heavy atom. The summed E-state index contributed by atoms with van der Waals surface area (Å²) in [6.45, 7) is 3.00. The quantitative estimate of drug-likeness (QED) is 0.723. The molecule has 0 saturated carbocycles. The smallest absolute Gasteiger partial charge is 0.272 e. The number of rotatable bonds is 3. The number of hydrogen-bond acceptors (Lipinski definition) is 6. The number of thiazole rings is 1. The molecule has 0 aliphatic carbocycles. The van der Waals surface area contributed by atoms with Crippen molar-refractivity contribution in [1.82, 2.24) is 14.9 Å². The van der Waals surface area contributed by atoms with Gasteiger partial charge in [0.1, 0.15) is 5.69 Å². The molecule has 4 rings (SSSR count). The molecule has 4 heterocycles. The van der Waals surface area contributed by atoms with Crippen LogP contribution in [0.1, 0.15) is 10.5 Å². The van der Waals surface area contributed by atoms with Gasteiger partial charge in [0.05, 0.1) is 5.69 Å². The van der Waals surface area contributed by atoms with E-state index >= 15 is 0 Å². The van der Waals surface area contributed by atoms with Gasteiger partial charge in [-0.3, -0.25) is 9.78 Å². The summed E-state index contributed by atoms with van der Waals surface area (Å²) in [7, 11) is 0. The van der Waals surface area contributed by atoms with E-state index in [0.29, 0.717) is 18.8 Å². The number of pyridine rings is 1. The van der Waals surface area contributed by atoms with E-state index in [1.165, 1.54) is 5.56 Å². The molecule has 0 atom stereocenters. The molecule has 0 bridgehead atoms. The van der Waals surface area contributed by atoms with E-state index in [1.54, 1.807) is 34.9 Å². The molecule has 1 fully saturated rings. The van der Waals surface area contributed by atoms with Crippen LogP contribution < -0.4 is 4.90 Å². The maximum atomic E-state index is 12.4. The molecule has 0 spiro atoms. The van der Waals surface area contributed by atoms with Gasteiger partial charge >= 0.3 is 0 Å². The summed E-state index contributed by atoms with van der Waals surface area (Å²) >= 11 is 3.35. The van der Waals surface area contributed by atoms with Crippen LogP contribution in [0.3, 0.4) is 0 Å². The van der Waals surface area contributed by atoms with Crippen molar-refractivity contribution < 1.29 is 4.79 Å². The van der Waals surface area contributed by atoms with Crippen LogP contribution in [0.15, 0.2) is 46.6 Å². The van der Waals surface area contributed by atoms with Crippen LogP contribution in [0.2, 0.25) is 0 Å². The summed E-state index contributed by atoms with van der Waals surface area (Å²) in [5.41, 5.74) is 2.72. The molecule has 122 valence electrons. The Bertz CT molecular complexity index is 808. The number of thiophene rings is 1. The third-order valence-electron chi connectivity index (χ3n) is 4.03. The monoisotopic (exact) mass is 356 g/mol. The highest BCUT2D eigenvalue weighted by molar-refractivity contribution is 7.14. The van der Waals surface area contributed by atoms with Gasteiger partial charge in [0, 0.05) is 48.7 Å². The van der Waals surface area contributed by atoms with Gasteiger partial charge in [-0.05, 0) is 23.6 Å². The van der Waals surface area contributed by atoms with Crippen molar-refractivity contribution in [2.45, 2.75) is 0 Å². The highest BCUT2D eigenvalue weighted by Crippen LogP contribution is 2.29. The molecule has 3 aromatic rings. The fourth-order valence-corrected chi connectivity index (χ4v) is 4.24. The van der Waals surface area contributed by atoms with Crippen molar-refractivity contribution >= 4 is 33.7 Å². The van der Waals surface area contributed by atoms with E-state index in [2.05, 4.69) is 32.1 Å². The molecule has 24 heavy (non-hydrogen) atoms. The molecule has 7 heteroatoms. The van der Waals surface area contributed by atoms with E-state index in [0.717, 1.165) is 23.9 Å². The summed E-state index contributed by atoms with van der Waals surface area (Å²) in [5, 5.41) is 7.31. The van der Waals surface area contributed by atoms with E-state index < -0.39 is 0 Å². The van der Waals surface area contributed by atoms with Crippen LogP contribution in [0, 0.1) is 0 Å². The maximum Gasteiger partial charge on any atom is 0.272 e. The molecular formula is C17H16N4OS2. The lowest BCUT2D eigenvalue weighted by Crippen LogP contribution is -2.49. The third-order valence-corrected chi connectivity index (χ3v) is 5.62. The first-order chi connectivity index (χ1) is 11.8. The van der Waals surface area contributed by atoms with Crippen LogP contribution in [-0.4, -0.2) is 47.0 Å². The maximum absolute atomic E-state index is 12.4. The summed E-state index contributed by atoms with van der Waals surface area (Å²) < 4.78 is 0. The van der Waals surface area contributed by atoms with Crippen molar-refractivity contribution in [3.63, 3.8) is 0 Å². The van der Waals surface area contributed by atoms with Gasteiger partial charge in [-0.2, -0.15) is 11.3 Å². The Hall–Kier alpha value is -2.25. The van der Waals surface area contributed by atoms with Crippen molar-refractivity contribution in [2.75, 3.05) is 31.1 Å². The predicted molar refractivity (Wildman–Crippen MR) is 97.8 cm³/mol. The summed E-state index contributed by atoms with van der Waals surface area (Å²) in [4.78, 5) is 25.4. The van der Waals surface area contributed by atoms with Crippen molar-refractivity contribution in [2.24, 2.45) is 0 Å². The largest absolute Gasteiger partial charge is 0.345 e. The predicted octanol–water partition coefficient (Wildman–Crippen LogP) is 3.23. The number of hydrogen-bond donors (Lipinski definition) is 0. The summed E-state index contributed by atoms with van der Waals surface area (Å²) in [6, 6.07) is 7.52. The number of anilines is 1. The molecule has 1 aliphatic heterocycles. The van der Waals surface area contributed by atoms with Crippen LogP contribution in [0.25, 0.3) is 11.3 Å². The van der Waals surface area contributed by atoms with Gasteiger partial charge in [-0.15, -0.1) is 11.3 Å². The van der Waals surface area contributed by atoms with Crippen LogP contribution in [0.4, 0.5) is 5.13 Å². The highest BCUT2D eigenvalue weighted by atomic mass is 32.1. The van der Waals surface area contributed by atoms with Crippen molar-refractivity contribution in [1.29, 1.82) is 0 Å². The fourth-order valence-electron chi connectivity index (χ4n) is 2.70. The SMILES string of the molecule is O=C(c1ccccn1)N1CCN(c2nc(-c3ccsc3)cs2)CC1. The lowest BCUT2D eigenvalue weighted by molar-refractivity contribution is 0.0741. The van der Waals surface area contributed by atoms with Gasteiger partial charge < -0.3 is 9.80 Å². The van der Waals surface area contributed by atoms with Crippen LogP contribution >= 0.6 is 22.7 Å². The number of carbonyl (C=O) groups is 1. The number of aromatic nitrogens is 2. The first-order valence-electron chi connectivity index (χ1n) is 7.74. The summed E-state index contributed by atoms with van der Waals surface area (Å²) in [5.74, 6) is 0.00773. The second kappa shape index (κ2) is 6.70. The molecule has 3 aromatic heterocycles. The second-order valence-electron chi connectivity index (χ2n) is 5.52. The Balaban J connectivity index is 1.40. The second-order valence-corrected chi connectivity index (χ2v) is 7.14. The average molecular weight is 356 g/mol. The van der Waals surface area contributed by atoms with E-state index in [1.807, 2.05) is 17.0 Å². The van der Waals surface area contributed by atoms with Gasteiger partial charge in [-0.1, -0.05) is 6.07 Å². The lowest BCUT2D eigenvalue weighted by atomic mass is 10.2. The molecule has 0 unspecified atom stereocenters. The normalized spacial score (nSPS) is 14.8. The summed E-state index contributed by atoms with van der Waals surface area (Å²) in [6.07, 6.45) is 1.66. The Morgan fingerprint density at radius 1 is 1.08 bits per heavy atom. The molecule has 1 aliphatic rings. The standard InChI is InChI=1S/C17H16N4OS2/c22-16(14-3-1-2-5-18-14)20-6-8-21(9-7-20)17-19-15(12-24-17)13-4-10-23-11-13/h1-5,10-12H,6-9H2. The van der Waals surface area contributed by atoms with E-state index in [4.69, 9.17) is 4.98 Å². The number of nitrogens with zero attached hydrogens (tertiary/aromatic N) is 4. The molecule has 1 amide bonds. The number of piperazine rings is 1. The minimum Gasteiger partial charge on any atom is -0.345 e. The Kier molecular flexibility index (Phi) is 4.27. The average Bonchev–Trinajstić information content (AvgIpc) is 3.33. The Morgan fingerprint density at radius 3 is 2.67 bits per heavy atom. The number of amides is 1. The zero-order chi connectivity index (χ0) is 16.4. The minimum absolute atomic E-state index is 0.00773. The number of carbonyl (C=O) groups excluding carboxylic acids is 1. The van der Waals surface area contributed by atoms with Gasteiger partial charge in [0.15, 0.2) is 5.13 Å². The molecule has 0 radical (unpaired) electrons. The van der Waals surface area contributed by atoms with Crippen molar-refractivity contribution in [3.05, 3.63) is 52.3 Å². The first-order valence-corrected chi connectivity index (χ1v) is 9.57. The van der Waals surface area contributed by atoms with Gasteiger partial charge in [0.2, 0.25) is 0 Å². The van der Waals surface area contributed by atoms with Gasteiger partial charge in [-0.25, -0.2) is 4.98 Å². The lowest BCUT2D eigenvalue weighted by Gasteiger charge is -2.34. The topological polar surface area (TPSA) is 49.3 Å². The molecule has 0 N–H and O–H groups in total. The molecule has 1 saturated heterocycles. The van der Waals surface area contributed by atoms with Gasteiger partial charge in [0.25, 0.3) is 5.91 Å². The molecule has 5 nitrogen and oxygen atoms in total. The van der Waals surface area contributed by atoms with E-state index in [9.17, 15) is 4.79 Å². The first kappa shape index (κ1) is 15.3. The fraction of sp³-hybridized carbons (Fsp3) is 0.235. The van der Waals surface area contributed by atoms with Crippen molar-refractivity contribution in [3.8, 4) is 11.3 Å². The Labute approximate surface area is 148 Å². The van der Waals surface area contributed by atoms with E-state index in [-0.39, 0.29) is 5.91 Å². The minimum atomic E-state index is 0.00773. The molecular weight excluding hydrogens is 340 g/mol. The zero-order valence-corrected chi connectivity index (χ0v) is 14.6. The third kappa shape index (κ3) is 3.05. The van der Waals surface area contributed by atoms with Crippen LogP contribution in [-0.2, 0) is 0 Å². The van der Waals surface area contributed by atoms with Crippen LogP contribution in [0.5, 0.6) is 0 Å². The highest BCUT2D eigenvalue weighted by Gasteiger charge is 2.24.